The van der Waals surface area contributed by atoms with Crippen LogP contribution in [0, 0.1) is 0 Å². The number of benzene rings is 1. The first-order chi connectivity index (χ1) is 8.73. The van der Waals surface area contributed by atoms with Crippen molar-refractivity contribution in [2.75, 3.05) is 7.11 Å². The van der Waals surface area contributed by atoms with E-state index in [-0.39, 0.29) is 5.78 Å². The van der Waals surface area contributed by atoms with Crippen LogP contribution in [-0.2, 0) is 28.8 Å². The second-order valence-electron chi connectivity index (χ2n) is 5.61. The van der Waals surface area contributed by atoms with Crippen molar-refractivity contribution in [3.8, 4) is 0 Å². The molecule has 0 unspecified atom stereocenters. The number of carbonyl (C=O) groups excluding carboxylic acids is 1. The van der Waals surface area contributed by atoms with Crippen molar-refractivity contribution in [2.45, 2.75) is 50.5 Å². The number of fused-ring (bicyclic) bond motifs is 1. The Morgan fingerprint density at radius 2 is 2.00 bits per heavy atom. The van der Waals surface area contributed by atoms with Crippen LogP contribution in [-0.4, -0.2) is 18.5 Å². The number of methoxy groups -OCH3 is 1. The van der Waals surface area contributed by atoms with Gasteiger partial charge in [0.2, 0.25) is 0 Å². The molecule has 0 spiro atoms. The zero-order chi connectivity index (χ0) is 12.6. The van der Waals surface area contributed by atoms with Gasteiger partial charge in [-0.1, -0.05) is 18.2 Å². The number of hydrogen-bond donors (Lipinski definition) is 0. The Balaban J connectivity index is 1.74. The SMILES string of the molecule is COC1(C(=O)Cc2ccc3c(c2)CCC3)CCC1. The van der Waals surface area contributed by atoms with Gasteiger partial charge in [-0.3, -0.25) is 4.79 Å². The highest BCUT2D eigenvalue weighted by molar-refractivity contribution is 5.90. The fourth-order valence-electron chi connectivity index (χ4n) is 3.18. The predicted octanol–water partition coefficient (Wildman–Crippen LogP) is 2.86. The monoisotopic (exact) mass is 244 g/mol. The molecule has 2 aliphatic rings. The van der Waals surface area contributed by atoms with Gasteiger partial charge < -0.3 is 4.74 Å². The summed E-state index contributed by atoms with van der Waals surface area (Å²) in [4.78, 5) is 12.3. The van der Waals surface area contributed by atoms with Crippen molar-refractivity contribution in [2.24, 2.45) is 0 Å². The Labute approximate surface area is 108 Å². The first-order valence-corrected chi connectivity index (χ1v) is 6.93. The molecule has 18 heavy (non-hydrogen) atoms. The van der Waals surface area contributed by atoms with Gasteiger partial charge >= 0.3 is 0 Å². The molecule has 0 N–H and O–H groups in total. The Bertz CT molecular complexity index is 466. The molecular weight excluding hydrogens is 224 g/mol. The Kier molecular flexibility index (Phi) is 2.98. The largest absolute Gasteiger partial charge is 0.370 e. The van der Waals surface area contributed by atoms with E-state index < -0.39 is 5.60 Å². The molecule has 1 aromatic carbocycles. The molecule has 1 saturated carbocycles. The molecule has 2 heteroatoms. The molecule has 1 fully saturated rings. The van der Waals surface area contributed by atoms with Crippen LogP contribution < -0.4 is 0 Å². The molecule has 3 rings (SSSR count). The lowest BCUT2D eigenvalue weighted by atomic mass is 9.75. The lowest BCUT2D eigenvalue weighted by molar-refractivity contribution is -0.151. The summed E-state index contributed by atoms with van der Waals surface area (Å²) in [5.41, 5.74) is 3.61. The molecule has 0 aromatic heterocycles. The topological polar surface area (TPSA) is 26.3 Å². The predicted molar refractivity (Wildman–Crippen MR) is 70.8 cm³/mol. The summed E-state index contributed by atoms with van der Waals surface area (Å²) in [6.45, 7) is 0. The van der Waals surface area contributed by atoms with Crippen LogP contribution in [0.2, 0.25) is 0 Å². The average Bonchev–Trinajstić information content (AvgIpc) is 2.75. The molecule has 96 valence electrons. The molecule has 0 amide bonds. The normalized spacial score (nSPS) is 20.3. The van der Waals surface area contributed by atoms with E-state index in [2.05, 4.69) is 18.2 Å². The first-order valence-electron chi connectivity index (χ1n) is 6.93. The van der Waals surface area contributed by atoms with E-state index in [0.29, 0.717) is 6.42 Å². The number of rotatable bonds is 4. The summed E-state index contributed by atoms with van der Waals surface area (Å²) in [6, 6.07) is 6.54. The van der Waals surface area contributed by atoms with E-state index in [1.807, 2.05) is 0 Å². The maximum absolute atomic E-state index is 12.3. The standard InChI is InChI=1S/C16H20O2/c1-18-16(8-3-9-16)15(17)11-12-6-7-13-4-2-5-14(13)10-12/h6-7,10H,2-5,8-9,11H2,1H3. The first kappa shape index (κ1) is 11.9. The van der Waals surface area contributed by atoms with E-state index in [1.165, 1.54) is 30.4 Å². The van der Waals surface area contributed by atoms with E-state index in [4.69, 9.17) is 4.74 Å². The maximum Gasteiger partial charge on any atom is 0.168 e. The van der Waals surface area contributed by atoms with Crippen molar-refractivity contribution in [1.29, 1.82) is 0 Å². The van der Waals surface area contributed by atoms with E-state index in [0.717, 1.165) is 24.8 Å². The molecule has 0 atom stereocenters. The minimum absolute atomic E-state index is 0.259. The second kappa shape index (κ2) is 4.51. The molecular formula is C16H20O2. The number of ketones is 1. The van der Waals surface area contributed by atoms with Crippen LogP contribution in [0.5, 0.6) is 0 Å². The number of Topliss-reactive ketones (excluding diaryl/α,β-unsaturated/α-hetero) is 1. The molecule has 0 heterocycles. The summed E-state index contributed by atoms with van der Waals surface area (Å²) >= 11 is 0. The quantitative estimate of drug-likeness (QED) is 0.814. The van der Waals surface area contributed by atoms with E-state index in [1.54, 1.807) is 7.11 Å². The van der Waals surface area contributed by atoms with E-state index >= 15 is 0 Å². The van der Waals surface area contributed by atoms with Gasteiger partial charge in [0.25, 0.3) is 0 Å². The highest BCUT2D eigenvalue weighted by atomic mass is 16.5. The number of aryl methyl sites for hydroxylation is 2. The van der Waals surface area contributed by atoms with Crippen LogP contribution in [0.25, 0.3) is 0 Å². The van der Waals surface area contributed by atoms with Gasteiger partial charge in [0.1, 0.15) is 5.60 Å². The Morgan fingerprint density at radius 3 is 2.67 bits per heavy atom. The van der Waals surface area contributed by atoms with Crippen molar-refractivity contribution in [3.63, 3.8) is 0 Å². The Morgan fingerprint density at radius 1 is 1.22 bits per heavy atom. The minimum Gasteiger partial charge on any atom is -0.370 e. The zero-order valence-electron chi connectivity index (χ0n) is 11.0. The average molecular weight is 244 g/mol. The summed E-state index contributed by atoms with van der Waals surface area (Å²) in [5.74, 6) is 0.259. The van der Waals surface area contributed by atoms with Crippen molar-refractivity contribution < 1.29 is 9.53 Å². The fourth-order valence-corrected chi connectivity index (χ4v) is 3.18. The highest BCUT2D eigenvalue weighted by Crippen LogP contribution is 2.37. The lowest BCUT2D eigenvalue weighted by Crippen LogP contribution is -2.47. The van der Waals surface area contributed by atoms with E-state index in [9.17, 15) is 4.79 Å². The zero-order valence-corrected chi connectivity index (χ0v) is 11.0. The van der Waals surface area contributed by atoms with Crippen molar-refractivity contribution >= 4 is 5.78 Å². The fraction of sp³-hybridized carbons (Fsp3) is 0.562. The third kappa shape index (κ3) is 1.89. The number of hydrogen-bond acceptors (Lipinski definition) is 2. The number of carbonyl (C=O) groups is 1. The van der Waals surface area contributed by atoms with Gasteiger partial charge in [0, 0.05) is 13.5 Å². The third-order valence-electron chi connectivity index (χ3n) is 4.59. The molecule has 2 aliphatic carbocycles. The lowest BCUT2D eigenvalue weighted by Gasteiger charge is -2.38. The Hall–Kier alpha value is -1.15. The maximum atomic E-state index is 12.3. The van der Waals surface area contributed by atoms with Crippen LogP contribution >= 0.6 is 0 Å². The minimum atomic E-state index is -0.459. The van der Waals surface area contributed by atoms with Crippen molar-refractivity contribution in [1.82, 2.24) is 0 Å². The smallest absolute Gasteiger partial charge is 0.168 e. The molecule has 0 bridgehead atoms. The summed E-state index contributed by atoms with van der Waals surface area (Å²) < 4.78 is 5.45. The molecule has 0 radical (unpaired) electrons. The van der Waals surface area contributed by atoms with Gasteiger partial charge in [-0.25, -0.2) is 0 Å². The molecule has 0 saturated heterocycles. The highest BCUT2D eigenvalue weighted by Gasteiger charge is 2.43. The molecule has 0 aliphatic heterocycles. The van der Waals surface area contributed by atoms with Crippen LogP contribution in [0.15, 0.2) is 18.2 Å². The summed E-state index contributed by atoms with van der Waals surface area (Å²) in [7, 11) is 1.67. The number of ether oxygens (including phenoxy) is 1. The summed E-state index contributed by atoms with van der Waals surface area (Å²) in [6.07, 6.45) is 7.07. The second-order valence-corrected chi connectivity index (χ2v) is 5.61. The van der Waals surface area contributed by atoms with Gasteiger partial charge in [0.05, 0.1) is 0 Å². The summed E-state index contributed by atoms with van der Waals surface area (Å²) in [5, 5.41) is 0. The van der Waals surface area contributed by atoms with Gasteiger partial charge in [-0.05, 0) is 55.2 Å². The van der Waals surface area contributed by atoms with Crippen LogP contribution in [0.4, 0.5) is 0 Å². The third-order valence-corrected chi connectivity index (χ3v) is 4.59. The van der Waals surface area contributed by atoms with Crippen molar-refractivity contribution in [3.05, 3.63) is 34.9 Å². The molecule has 2 nitrogen and oxygen atoms in total. The van der Waals surface area contributed by atoms with Gasteiger partial charge in [-0.15, -0.1) is 0 Å². The van der Waals surface area contributed by atoms with Crippen LogP contribution in [0.1, 0.15) is 42.4 Å². The van der Waals surface area contributed by atoms with Gasteiger partial charge in [0.15, 0.2) is 5.78 Å². The van der Waals surface area contributed by atoms with Gasteiger partial charge in [-0.2, -0.15) is 0 Å². The molecule has 1 aromatic rings. The van der Waals surface area contributed by atoms with Crippen LogP contribution in [0.3, 0.4) is 0 Å².